The summed E-state index contributed by atoms with van der Waals surface area (Å²) in [5.74, 6) is 0. The third-order valence-electron chi connectivity index (χ3n) is 13.6. The van der Waals surface area contributed by atoms with Gasteiger partial charge in [-0.1, -0.05) is 139 Å². The highest BCUT2D eigenvalue weighted by atomic mass is 32.1. The Balaban J connectivity index is 1.25. The second-order valence-electron chi connectivity index (χ2n) is 18.1. The summed E-state index contributed by atoms with van der Waals surface area (Å²) in [6, 6.07) is 50.6. The van der Waals surface area contributed by atoms with Crippen LogP contribution in [0.1, 0.15) is 76.6 Å². The first kappa shape index (κ1) is 33.1. The Hall–Kier alpha value is -5.32. The van der Waals surface area contributed by atoms with E-state index in [4.69, 9.17) is 0 Å². The predicted octanol–water partition coefficient (Wildman–Crippen LogP) is 12.9. The molecule has 0 fully saturated rings. The molecule has 0 atom stereocenters. The molecule has 55 heavy (non-hydrogen) atoms. The molecule has 3 heterocycles. The Labute approximate surface area is 328 Å². The van der Waals surface area contributed by atoms with Crippen LogP contribution in [0.4, 0.5) is 22.7 Å². The number of fused-ring (bicyclic) bond motifs is 10. The van der Waals surface area contributed by atoms with E-state index in [1.54, 1.807) is 0 Å². The van der Waals surface area contributed by atoms with Crippen molar-refractivity contribution < 1.29 is 0 Å². The Morgan fingerprint density at radius 1 is 0.673 bits per heavy atom. The van der Waals surface area contributed by atoms with Crippen molar-refractivity contribution in [2.24, 2.45) is 0 Å². The van der Waals surface area contributed by atoms with Crippen molar-refractivity contribution in [3.63, 3.8) is 0 Å². The van der Waals surface area contributed by atoms with Gasteiger partial charge in [0.2, 0.25) is 0 Å². The van der Waals surface area contributed by atoms with Gasteiger partial charge < -0.3 is 10.1 Å². The van der Waals surface area contributed by atoms with Crippen LogP contribution in [0.5, 0.6) is 0 Å². The Morgan fingerprint density at radius 2 is 1.38 bits per heavy atom. The first-order chi connectivity index (χ1) is 26.5. The SMILES string of the molecule is CC1(C)CCC(C)(C)c2cc3c(cc21)-c1c2c(cc4c1sc1ccccc14)Nc1c(cccc1C(C)(C)c1ccc4ccccc4c1)B2N3c1ccccc1. The normalized spacial score (nSPS) is 16.4. The largest absolute Gasteiger partial charge is 0.376 e. The number of nitrogens with zero attached hydrogens (tertiary/aromatic N) is 1. The second kappa shape index (κ2) is 11.4. The maximum absolute atomic E-state index is 4.18. The van der Waals surface area contributed by atoms with Crippen LogP contribution in [0, 0.1) is 0 Å². The van der Waals surface area contributed by atoms with Crippen molar-refractivity contribution in [2.45, 2.75) is 70.6 Å². The molecule has 8 aromatic rings. The van der Waals surface area contributed by atoms with Crippen molar-refractivity contribution in [3.8, 4) is 11.1 Å². The standard InChI is InChI=1S/C51H45BN2S/c1-49(2)25-26-50(3,4)40-30-43-37(28-39(40)49)45-46-42(29-36-35-19-12-13-22-44(35)55-48(36)45)53-47-38(51(5,6)33-24-23-31-15-10-11-16-32(31)27-33)20-14-21-41(47)52(46)54(43)34-17-8-7-9-18-34/h7-24,27-30,53H,25-26H2,1-6H3. The van der Waals surface area contributed by atoms with Crippen molar-refractivity contribution in [1.82, 2.24) is 0 Å². The van der Waals surface area contributed by atoms with E-state index in [-0.39, 0.29) is 23.1 Å². The Morgan fingerprint density at radius 3 is 2.18 bits per heavy atom. The molecular weight excluding hydrogens is 683 g/mol. The summed E-state index contributed by atoms with van der Waals surface area (Å²) in [7, 11) is 0. The molecule has 1 aromatic heterocycles. The number of para-hydroxylation sites is 2. The molecule has 1 aliphatic carbocycles. The number of hydrogen-bond acceptors (Lipinski definition) is 3. The van der Waals surface area contributed by atoms with E-state index in [0.29, 0.717) is 0 Å². The summed E-state index contributed by atoms with van der Waals surface area (Å²) in [6.07, 6.45) is 2.37. The van der Waals surface area contributed by atoms with E-state index >= 15 is 0 Å². The molecular formula is C51H45BN2S. The van der Waals surface area contributed by atoms with Gasteiger partial charge in [-0.2, -0.15) is 0 Å². The third-order valence-corrected chi connectivity index (χ3v) is 14.8. The van der Waals surface area contributed by atoms with Crippen LogP contribution in [0.25, 0.3) is 42.1 Å². The summed E-state index contributed by atoms with van der Waals surface area (Å²) in [4.78, 5) is 2.69. The quantitative estimate of drug-likeness (QED) is 0.182. The van der Waals surface area contributed by atoms with E-state index in [2.05, 4.69) is 185 Å². The van der Waals surface area contributed by atoms with Gasteiger partial charge in [0.1, 0.15) is 0 Å². The van der Waals surface area contributed by atoms with Crippen molar-refractivity contribution in [1.29, 1.82) is 0 Å². The fraction of sp³-hybridized carbons (Fsp3) is 0.216. The molecule has 11 rings (SSSR count). The minimum atomic E-state index is -0.263. The average molecular weight is 729 g/mol. The molecule has 7 aromatic carbocycles. The lowest BCUT2D eigenvalue weighted by atomic mass is 9.43. The number of rotatable bonds is 3. The van der Waals surface area contributed by atoms with Gasteiger partial charge in [-0.25, -0.2) is 0 Å². The maximum atomic E-state index is 4.18. The fourth-order valence-corrected chi connectivity index (χ4v) is 11.6. The van der Waals surface area contributed by atoms with Crippen LogP contribution in [-0.2, 0) is 16.2 Å². The zero-order valence-corrected chi connectivity index (χ0v) is 33.4. The van der Waals surface area contributed by atoms with Crippen molar-refractivity contribution in [3.05, 3.63) is 156 Å². The minimum absolute atomic E-state index is 0.0177. The Kier molecular flexibility index (Phi) is 6.83. The van der Waals surface area contributed by atoms with E-state index in [1.165, 1.54) is 111 Å². The molecule has 0 spiro atoms. The molecule has 0 radical (unpaired) electrons. The summed E-state index contributed by atoms with van der Waals surface area (Å²) in [5.41, 5.74) is 16.0. The topological polar surface area (TPSA) is 15.3 Å². The van der Waals surface area contributed by atoms with Crippen LogP contribution in [0.15, 0.2) is 133 Å². The third kappa shape index (κ3) is 4.67. The molecule has 0 bridgehead atoms. The Bertz CT molecular complexity index is 2900. The highest BCUT2D eigenvalue weighted by Crippen LogP contribution is 2.55. The van der Waals surface area contributed by atoms with Gasteiger partial charge in [0.15, 0.2) is 0 Å². The first-order valence-corrected chi connectivity index (χ1v) is 20.7. The molecule has 0 saturated heterocycles. The van der Waals surface area contributed by atoms with Crippen LogP contribution in [0.2, 0.25) is 0 Å². The first-order valence-electron chi connectivity index (χ1n) is 19.9. The lowest BCUT2D eigenvalue weighted by Gasteiger charge is -2.47. The number of anilines is 4. The summed E-state index contributed by atoms with van der Waals surface area (Å²) < 4.78 is 2.74. The maximum Gasteiger partial charge on any atom is 0.333 e. The van der Waals surface area contributed by atoms with Crippen LogP contribution < -0.4 is 21.1 Å². The van der Waals surface area contributed by atoms with Crippen molar-refractivity contribution >= 4 is 82.8 Å². The second-order valence-corrected chi connectivity index (χ2v) is 19.1. The molecule has 0 amide bonds. The number of hydrogen-bond donors (Lipinski definition) is 1. The predicted molar refractivity (Wildman–Crippen MR) is 239 cm³/mol. The van der Waals surface area contributed by atoms with E-state index in [9.17, 15) is 0 Å². The summed E-state index contributed by atoms with van der Waals surface area (Å²) in [6.45, 7) is 14.6. The van der Waals surface area contributed by atoms with Crippen molar-refractivity contribution in [2.75, 3.05) is 10.1 Å². The zero-order chi connectivity index (χ0) is 37.4. The van der Waals surface area contributed by atoms with Gasteiger partial charge in [-0.15, -0.1) is 11.3 Å². The van der Waals surface area contributed by atoms with E-state index < -0.39 is 0 Å². The molecule has 2 nitrogen and oxygen atoms in total. The van der Waals surface area contributed by atoms with Gasteiger partial charge in [0.25, 0.3) is 0 Å². The lowest BCUT2D eigenvalue weighted by Crippen LogP contribution is -2.61. The zero-order valence-electron chi connectivity index (χ0n) is 32.5. The molecule has 2 aliphatic heterocycles. The van der Waals surface area contributed by atoms with Crippen LogP contribution >= 0.6 is 11.3 Å². The summed E-state index contributed by atoms with van der Waals surface area (Å²) in [5, 5.41) is 9.41. The van der Waals surface area contributed by atoms with Crippen LogP contribution in [-0.4, -0.2) is 6.85 Å². The smallest absolute Gasteiger partial charge is 0.333 e. The number of benzene rings is 7. The van der Waals surface area contributed by atoms with Gasteiger partial charge >= 0.3 is 6.85 Å². The van der Waals surface area contributed by atoms with Gasteiger partial charge in [0, 0.05) is 59.5 Å². The fourth-order valence-electron chi connectivity index (χ4n) is 10.3. The van der Waals surface area contributed by atoms with Crippen LogP contribution in [0.3, 0.4) is 0 Å². The molecule has 0 unspecified atom stereocenters. The number of thiophene rings is 1. The highest BCUT2D eigenvalue weighted by Gasteiger charge is 2.47. The number of nitrogens with one attached hydrogen (secondary N) is 1. The molecule has 0 saturated carbocycles. The monoisotopic (exact) mass is 728 g/mol. The van der Waals surface area contributed by atoms with E-state index in [0.717, 1.165) is 0 Å². The lowest BCUT2D eigenvalue weighted by molar-refractivity contribution is 0.332. The van der Waals surface area contributed by atoms with Gasteiger partial charge in [-0.3, -0.25) is 0 Å². The summed E-state index contributed by atoms with van der Waals surface area (Å²) >= 11 is 1.96. The van der Waals surface area contributed by atoms with Gasteiger partial charge in [-0.05, 0) is 104 Å². The molecule has 4 heteroatoms. The minimum Gasteiger partial charge on any atom is -0.376 e. The van der Waals surface area contributed by atoms with E-state index in [1.807, 2.05) is 11.3 Å². The molecule has 1 N–H and O–H groups in total. The van der Waals surface area contributed by atoms with Gasteiger partial charge in [0.05, 0.1) is 0 Å². The molecule has 268 valence electrons. The highest BCUT2D eigenvalue weighted by molar-refractivity contribution is 7.26. The molecule has 3 aliphatic rings. The average Bonchev–Trinajstić information content (AvgIpc) is 3.57.